The predicted octanol–water partition coefficient (Wildman–Crippen LogP) is 3.69. The Hall–Kier alpha value is -3.16. The molecule has 0 unspecified atom stereocenters. The second kappa shape index (κ2) is 8.69. The molecule has 2 heterocycles. The molecular formula is C22H24F2N4O2. The minimum Gasteiger partial charge on any atom is -0.369 e. The van der Waals surface area contributed by atoms with Gasteiger partial charge in [-0.15, -0.1) is 0 Å². The highest BCUT2D eigenvalue weighted by Gasteiger charge is 2.31. The number of urea groups is 1. The van der Waals surface area contributed by atoms with Crippen LogP contribution in [0.5, 0.6) is 0 Å². The molecule has 3 amide bonds. The number of rotatable bonds is 4. The number of halogens is 2. The van der Waals surface area contributed by atoms with Crippen LogP contribution < -0.4 is 20.4 Å². The second-order valence-corrected chi connectivity index (χ2v) is 7.61. The van der Waals surface area contributed by atoms with Gasteiger partial charge >= 0.3 is 6.03 Å². The van der Waals surface area contributed by atoms with Crippen molar-refractivity contribution in [2.45, 2.75) is 31.5 Å². The van der Waals surface area contributed by atoms with Gasteiger partial charge in [-0.05, 0) is 55.7 Å². The summed E-state index contributed by atoms with van der Waals surface area (Å²) < 4.78 is 27.1. The molecule has 4 rings (SSSR count). The fourth-order valence-corrected chi connectivity index (χ4v) is 3.94. The smallest absolute Gasteiger partial charge is 0.319 e. The van der Waals surface area contributed by atoms with E-state index >= 15 is 0 Å². The molecule has 0 aliphatic carbocycles. The Kier molecular flexibility index (Phi) is 5.83. The van der Waals surface area contributed by atoms with E-state index in [1.165, 1.54) is 18.2 Å². The van der Waals surface area contributed by atoms with Gasteiger partial charge in [-0.25, -0.2) is 13.6 Å². The predicted molar refractivity (Wildman–Crippen MR) is 112 cm³/mol. The van der Waals surface area contributed by atoms with Crippen LogP contribution in [0.15, 0.2) is 48.5 Å². The molecule has 2 N–H and O–H groups in total. The highest BCUT2D eigenvalue weighted by atomic mass is 19.1. The van der Waals surface area contributed by atoms with Gasteiger partial charge in [0.2, 0.25) is 5.91 Å². The van der Waals surface area contributed by atoms with E-state index in [0.29, 0.717) is 32.5 Å². The van der Waals surface area contributed by atoms with Gasteiger partial charge in [0.05, 0.1) is 5.69 Å². The molecule has 0 bridgehead atoms. The number of alkyl halides is 1. The topological polar surface area (TPSA) is 64.7 Å². The van der Waals surface area contributed by atoms with Crippen molar-refractivity contribution in [3.05, 3.63) is 54.3 Å². The van der Waals surface area contributed by atoms with Crippen molar-refractivity contribution in [1.82, 2.24) is 5.32 Å². The summed E-state index contributed by atoms with van der Waals surface area (Å²) in [6.07, 6.45) is 0.988. The van der Waals surface area contributed by atoms with E-state index in [2.05, 4.69) is 10.6 Å². The van der Waals surface area contributed by atoms with Gasteiger partial charge in [0, 0.05) is 31.0 Å². The van der Waals surface area contributed by atoms with E-state index in [1.807, 2.05) is 29.2 Å². The van der Waals surface area contributed by atoms with Gasteiger partial charge in [-0.1, -0.05) is 12.1 Å². The molecule has 0 radical (unpaired) electrons. The Bertz CT molecular complexity index is 922. The first-order valence-corrected chi connectivity index (χ1v) is 10.1. The normalized spacial score (nSPS) is 21.6. The van der Waals surface area contributed by atoms with Crippen LogP contribution in [-0.2, 0) is 4.79 Å². The third-order valence-electron chi connectivity index (χ3n) is 5.52. The molecule has 2 atom stereocenters. The Morgan fingerprint density at radius 2 is 1.73 bits per heavy atom. The maximum Gasteiger partial charge on any atom is 0.319 e. The summed E-state index contributed by atoms with van der Waals surface area (Å²) in [6, 6.07) is 12.0. The average molecular weight is 414 g/mol. The Balaban J connectivity index is 1.39. The SMILES string of the molecule is O=C(Nc1ccccc1F)N[C@@H]1CCCN(c2ccc(N3CC[C@@H](F)C3)cc2)C1=O. The van der Waals surface area contributed by atoms with Crippen LogP contribution in [0.25, 0.3) is 0 Å². The third kappa shape index (κ3) is 4.37. The molecule has 0 saturated carbocycles. The second-order valence-electron chi connectivity index (χ2n) is 7.61. The molecule has 30 heavy (non-hydrogen) atoms. The number of hydrogen-bond donors (Lipinski definition) is 2. The number of anilines is 3. The fourth-order valence-electron chi connectivity index (χ4n) is 3.94. The van der Waals surface area contributed by atoms with E-state index in [1.54, 1.807) is 11.0 Å². The molecule has 158 valence electrons. The van der Waals surface area contributed by atoms with Crippen molar-refractivity contribution < 1.29 is 18.4 Å². The van der Waals surface area contributed by atoms with Gasteiger partial charge in [0.25, 0.3) is 0 Å². The Labute approximate surface area is 173 Å². The van der Waals surface area contributed by atoms with Gasteiger partial charge in [0.1, 0.15) is 18.0 Å². The summed E-state index contributed by atoms with van der Waals surface area (Å²) in [4.78, 5) is 28.8. The first kappa shape index (κ1) is 20.1. The minimum atomic E-state index is -0.796. The number of para-hydroxylation sites is 1. The van der Waals surface area contributed by atoms with E-state index in [4.69, 9.17) is 0 Å². The van der Waals surface area contributed by atoms with Crippen molar-refractivity contribution >= 4 is 29.0 Å². The minimum absolute atomic E-state index is 0.0585. The van der Waals surface area contributed by atoms with Gasteiger partial charge in [-0.3, -0.25) is 4.79 Å². The van der Waals surface area contributed by atoms with E-state index in [-0.39, 0.29) is 11.6 Å². The molecule has 0 aromatic heterocycles. The van der Waals surface area contributed by atoms with Crippen LogP contribution in [0, 0.1) is 5.82 Å². The summed E-state index contributed by atoms with van der Waals surface area (Å²) in [5.41, 5.74) is 1.73. The summed E-state index contributed by atoms with van der Waals surface area (Å²) in [6.45, 7) is 1.64. The van der Waals surface area contributed by atoms with Crippen molar-refractivity contribution in [3.8, 4) is 0 Å². The molecule has 8 heteroatoms. The number of carbonyl (C=O) groups is 2. The lowest BCUT2D eigenvalue weighted by Crippen LogP contribution is -2.53. The monoisotopic (exact) mass is 414 g/mol. The molecular weight excluding hydrogens is 390 g/mol. The van der Waals surface area contributed by atoms with Crippen LogP contribution in [0.2, 0.25) is 0 Å². The molecule has 2 aromatic rings. The van der Waals surface area contributed by atoms with Gasteiger partial charge in [-0.2, -0.15) is 0 Å². The maximum atomic E-state index is 13.7. The summed E-state index contributed by atoms with van der Waals surface area (Å²) in [5, 5.41) is 5.09. The highest BCUT2D eigenvalue weighted by Crippen LogP contribution is 2.27. The Morgan fingerprint density at radius 1 is 1.00 bits per heavy atom. The summed E-state index contributed by atoms with van der Waals surface area (Å²) in [7, 11) is 0. The molecule has 2 aromatic carbocycles. The molecule has 0 spiro atoms. The van der Waals surface area contributed by atoms with Crippen LogP contribution in [0.3, 0.4) is 0 Å². The quantitative estimate of drug-likeness (QED) is 0.802. The highest BCUT2D eigenvalue weighted by molar-refractivity contribution is 6.01. The molecule has 2 aliphatic heterocycles. The number of piperidine rings is 1. The maximum absolute atomic E-state index is 13.7. The zero-order valence-corrected chi connectivity index (χ0v) is 16.5. The van der Waals surface area contributed by atoms with Crippen LogP contribution in [-0.4, -0.2) is 43.8 Å². The lowest BCUT2D eigenvalue weighted by molar-refractivity contribution is -0.121. The van der Waals surface area contributed by atoms with Crippen LogP contribution >= 0.6 is 0 Å². The largest absolute Gasteiger partial charge is 0.369 e. The summed E-state index contributed by atoms with van der Waals surface area (Å²) in [5.74, 6) is -0.746. The van der Waals surface area contributed by atoms with Crippen LogP contribution in [0.4, 0.5) is 30.6 Å². The zero-order chi connectivity index (χ0) is 21.1. The van der Waals surface area contributed by atoms with E-state index in [0.717, 1.165) is 17.8 Å². The number of nitrogens with zero attached hydrogens (tertiary/aromatic N) is 2. The molecule has 2 fully saturated rings. The standard InChI is InChI=1S/C22H24F2N4O2/c23-15-11-13-27(14-15)16-7-9-17(10-8-16)28-12-3-6-20(21(28)29)26-22(30)25-19-5-2-1-4-18(19)24/h1-2,4-5,7-10,15,20H,3,6,11-14H2,(H2,25,26,30)/t15-,20-/m1/s1. The van der Waals surface area contributed by atoms with Gasteiger partial charge < -0.3 is 20.4 Å². The van der Waals surface area contributed by atoms with Crippen molar-refractivity contribution in [2.24, 2.45) is 0 Å². The van der Waals surface area contributed by atoms with Crippen molar-refractivity contribution in [1.29, 1.82) is 0 Å². The van der Waals surface area contributed by atoms with Crippen molar-refractivity contribution in [3.63, 3.8) is 0 Å². The first-order valence-electron chi connectivity index (χ1n) is 10.1. The number of hydrogen-bond acceptors (Lipinski definition) is 3. The number of benzene rings is 2. The third-order valence-corrected chi connectivity index (χ3v) is 5.52. The molecule has 2 saturated heterocycles. The van der Waals surface area contributed by atoms with Crippen molar-refractivity contribution in [2.75, 3.05) is 34.8 Å². The number of amides is 3. The first-order chi connectivity index (χ1) is 14.5. The molecule has 2 aliphatic rings. The average Bonchev–Trinajstić information content (AvgIpc) is 3.18. The van der Waals surface area contributed by atoms with E-state index in [9.17, 15) is 18.4 Å². The number of carbonyl (C=O) groups excluding carboxylic acids is 2. The summed E-state index contributed by atoms with van der Waals surface area (Å²) >= 11 is 0. The van der Waals surface area contributed by atoms with Crippen LogP contribution in [0.1, 0.15) is 19.3 Å². The lowest BCUT2D eigenvalue weighted by atomic mass is 10.0. The van der Waals surface area contributed by atoms with Gasteiger partial charge in [0.15, 0.2) is 0 Å². The fraction of sp³-hybridized carbons (Fsp3) is 0.364. The Morgan fingerprint density at radius 3 is 2.43 bits per heavy atom. The number of nitrogens with one attached hydrogen (secondary N) is 2. The lowest BCUT2D eigenvalue weighted by Gasteiger charge is -2.33. The molecule has 6 nitrogen and oxygen atoms in total. The van der Waals surface area contributed by atoms with E-state index < -0.39 is 24.1 Å². The zero-order valence-electron chi connectivity index (χ0n) is 16.5.